The lowest BCUT2D eigenvalue weighted by Crippen LogP contribution is -2.57. The van der Waals surface area contributed by atoms with E-state index in [1.807, 2.05) is 18.7 Å². The fourth-order valence-electron chi connectivity index (χ4n) is 5.33. The molecule has 2 aromatic rings. The highest BCUT2D eigenvalue weighted by Crippen LogP contribution is 2.43. The molecule has 2 aromatic heterocycles. The molecule has 2 fully saturated rings. The summed E-state index contributed by atoms with van der Waals surface area (Å²) in [6.45, 7) is 3.90. The molecule has 0 spiro atoms. The summed E-state index contributed by atoms with van der Waals surface area (Å²) in [6, 6.07) is 2.54. The molecule has 0 radical (unpaired) electrons. The summed E-state index contributed by atoms with van der Waals surface area (Å²) >= 11 is 5.02. The number of nitrogens with zero attached hydrogens (tertiary/aromatic N) is 3. The number of nitriles is 1. The number of carbonyl (C=O) groups is 1. The Morgan fingerprint density at radius 3 is 2.69 bits per heavy atom. The lowest BCUT2D eigenvalue weighted by Gasteiger charge is -2.50. The zero-order chi connectivity index (χ0) is 23.0. The van der Waals surface area contributed by atoms with Gasteiger partial charge in [-0.25, -0.2) is 9.19 Å². The lowest BCUT2D eigenvalue weighted by molar-refractivity contribution is -0.143. The van der Waals surface area contributed by atoms with E-state index < -0.39 is 17.0 Å². The highest BCUT2D eigenvalue weighted by Gasteiger charge is 2.44. The van der Waals surface area contributed by atoms with E-state index in [-0.39, 0.29) is 34.7 Å². The number of hydrogen-bond donors (Lipinski definition) is 1. The topological polar surface area (TPSA) is 99.1 Å². The molecule has 0 aromatic carbocycles. The molecule has 2 aliphatic rings. The standard InChI is InChI=1S/C23H27ClN4O3S/c1-4-5-14-6-16-8-15(10-25)9-17(7-14)28(16)23(29)13(2)18-11-26-22-20(18)21(24)19(12-27-22)31-32(3)30/h4-5,11-17H,6-9H2,1-3H3,(H,26,27). The Hall–Kier alpha value is -2.37. The van der Waals surface area contributed by atoms with E-state index in [1.54, 1.807) is 6.20 Å². The molecule has 7 nitrogen and oxygen atoms in total. The molecule has 32 heavy (non-hydrogen) atoms. The van der Waals surface area contributed by atoms with Crippen molar-refractivity contribution in [2.75, 3.05) is 6.26 Å². The summed E-state index contributed by atoms with van der Waals surface area (Å²) in [4.78, 5) is 23.2. The Bertz CT molecular complexity index is 1110. The zero-order valence-corrected chi connectivity index (χ0v) is 19.9. The first-order valence-electron chi connectivity index (χ1n) is 10.9. The molecule has 1 amide bonds. The van der Waals surface area contributed by atoms with Gasteiger partial charge in [0.1, 0.15) is 5.65 Å². The van der Waals surface area contributed by atoms with E-state index in [0.29, 0.717) is 17.0 Å². The molecule has 9 heteroatoms. The molecule has 4 unspecified atom stereocenters. The molecule has 4 atom stereocenters. The minimum atomic E-state index is -1.54. The molecule has 0 aliphatic carbocycles. The highest BCUT2D eigenvalue weighted by molar-refractivity contribution is 7.79. The molecule has 2 saturated heterocycles. The van der Waals surface area contributed by atoms with Gasteiger partial charge in [0.2, 0.25) is 17.0 Å². The van der Waals surface area contributed by atoms with Crippen molar-refractivity contribution in [1.29, 1.82) is 5.26 Å². The third kappa shape index (κ3) is 4.16. The van der Waals surface area contributed by atoms with Crippen LogP contribution in [0.4, 0.5) is 0 Å². The molecule has 4 rings (SSSR count). The van der Waals surface area contributed by atoms with Crippen molar-refractivity contribution in [3.05, 3.63) is 35.1 Å². The molecular formula is C23H27ClN4O3S. The van der Waals surface area contributed by atoms with Gasteiger partial charge in [0.25, 0.3) is 0 Å². The minimum absolute atomic E-state index is 0.00253. The Labute approximate surface area is 195 Å². The molecule has 2 aliphatic heterocycles. The zero-order valence-electron chi connectivity index (χ0n) is 18.4. The van der Waals surface area contributed by atoms with Crippen molar-refractivity contribution in [3.8, 4) is 11.8 Å². The normalized spacial score (nSPS) is 27.3. The summed E-state index contributed by atoms with van der Waals surface area (Å²) < 4.78 is 16.8. The van der Waals surface area contributed by atoms with Crippen molar-refractivity contribution < 1.29 is 13.2 Å². The molecule has 4 heterocycles. The van der Waals surface area contributed by atoms with Crippen LogP contribution >= 0.6 is 11.6 Å². The monoisotopic (exact) mass is 474 g/mol. The fourth-order valence-corrected chi connectivity index (χ4v) is 6.04. The van der Waals surface area contributed by atoms with Gasteiger partial charge < -0.3 is 14.1 Å². The maximum Gasteiger partial charge on any atom is 0.230 e. The summed E-state index contributed by atoms with van der Waals surface area (Å²) in [6.07, 6.45) is 12.1. The SMILES string of the molecule is CC=CC1CC2CC(C#N)CC(C1)N2C(=O)C(C)c1c[nH]c2ncc(OS(C)=O)c(Cl)c12. The maximum atomic E-state index is 13.8. The molecule has 0 saturated carbocycles. The van der Waals surface area contributed by atoms with Crippen LogP contribution in [0.3, 0.4) is 0 Å². The molecule has 2 bridgehead atoms. The summed E-state index contributed by atoms with van der Waals surface area (Å²) in [5.41, 5.74) is 1.29. The number of rotatable bonds is 5. The second-order valence-electron chi connectivity index (χ2n) is 8.72. The number of fused-ring (bicyclic) bond motifs is 3. The second-order valence-corrected chi connectivity index (χ2v) is 10.1. The van der Waals surface area contributed by atoms with Crippen LogP contribution in [0.2, 0.25) is 5.02 Å². The van der Waals surface area contributed by atoms with Gasteiger partial charge in [0, 0.05) is 29.9 Å². The first-order valence-corrected chi connectivity index (χ1v) is 12.7. The van der Waals surface area contributed by atoms with Gasteiger partial charge in [-0.1, -0.05) is 23.8 Å². The van der Waals surface area contributed by atoms with Crippen LogP contribution in [-0.4, -0.2) is 43.3 Å². The summed E-state index contributed by atoms with van der Waals surface area (Å²) in [7, 11) is 0. The van der Waals surface area contributed by atoms with Crippen LogP contribution in [0.25, 0.3) is 11.0 Å². The number of piperidine rings is 2. The third-order valence-electron chi connectivity index (χ3n) is 6.63. The van der Waals surface area contributed by atoms with Gasteiger partial charge in [0.15, 0.2) is 5.75 Å². The number of aromatic nitrogens is 2. The lowest BCUT2D eigenvalue weighted by atomic mass is 9.73. The number of allylic oxidation sites excluding steroid dienone is 2. The molecule has 1 N–H and O–H groups in total. The largest absolute Gasteiger partial charge is 0.397 e. The minimum Gasteiger partial charge on any atom is -0.397 e. The first-order chi connectivity index (χ1) is 15.3. The number of hydrogen-bond acceptors (Lipinski definition) is 5. The highest BCUT2D eigenvalue weighted by atomic mass is 35.5. The fraction of sp³-hybridized carbons (Fsp3) is 0.522. The number of H-pyrrole nitrogens is 1. The van der Waals surface area contributed by atoms with E-state index in [2.05, 4.69) is 28.2 Å². The predicted molar refractivity (Wildman–Crippen MR) is 125 cm³/mol. The number of nitrogens with one attached hydrogen (secondary N) is 1. The van der Waals surface area contributed by atoms with Gasteiger partial charge in [-0.2, -0.15) is 5.26 Å². The smallest absolute Gasteiger partial charge is 0.230 e. The average Bonchev–Trinajstić information content (AvgIpc) is 3.18. The van der Waals surface area contributed by atoms with Gasteiger partial charge in [-0.05, 0) is 51.0 Å². The van der Waals surface area contributed by atoms with Gasteiger partial charge in [-0.3, -0.25) is 4.79 Å². The third-order valence-corrected chi connectivity index (χ3v) is 7.42. The van der Waals surface area contributed by atoms with Crippen molar-refractivity contribution in [1.82, 2.24) is 14.9 Å². The van der Waals surface area contributed by atoms with E-state index in [1.165, 1.54) is 12.5 Å². The predicted octanol–water partition coefficient (Wildman–Crippen LogP) is 4.48. The van der Waals surface area contributed by atoms with Crippen LogP contribution in [0.5, 0.6) is 5.75 Å². The van der Waals surface area contributed by atoms with E-state index >= 15 is 0 Å². The van der Waals surface area contributed by atoms with E-state index in [4.69, 9.17) is 15.8 Å². The van der Waals surface area contributed by atoms with Gasteiger partial charge in [0.05, 0.1) is 29.1 Å². The number of aromatic amines is 1. The maximum absolute atomic E-state index is 13.8. The Morgan fingerprint density at radius 1 is 1.41 bits per heavy atom. The van der Waals surface area contributed by atoms with Crippen molar-refractivity contribution in [3.63, 3.8) is 0 Å². The van der Waals surface area contributed by atoms with Gasteiger partial charge >= 0.3 is 0 Å². The van der Waals surface area contributed by atoms with Crippen LogP contribution < -0.4 is 4.18 Å². The van der Waals surface area contributed by atoms with Crippen LogP contribution in [0.15, 0.2) is 24.5 Å². The summed E-state index contributed by atoms with van der Waals surface area (Å²) in [5, 5.41) is 10.4. The number of halogens is 1. The van der Waals surface area contributed by atoms with Crippen molar-refractivity contribution in [2.24, 2.45) is 11.8 Å². The number of carbonyl (C=O) groups excluding carboxylic acids is 1. The van der Waals surface area contributed by atoms with Crippen molar-refractivity contribution >= 4 is 39.6 Å². The van der Waals surface area contributed by atoms with Crippen LogP contribution in [0, 0.1) is 23.2 Å². The van der Waals surface area contributed by atoms with E-state index in [0.717, 1.165) is 31.2 Å². The van der Waals surface area contributed by atoms with Crippen LogP contribution in [0.1, 0.15) is 51.0 Å². The van der Waals surface area contributed by atoms with E-state index in [9.17, 15) is 14.3 Å². The molecular weight excluding hydrogens is 448 g/mol. The summed E-state index contributed by atoms with van der Waals surface area (Å²) in [5.74, 6) is 0.249. The van der Waals surface area contributed by atoms with Crippen molar-refractivity contribution in [2.45, 2.75) is 57.5 Å². The van der Waals surface area contributed by atoms with Crippen LogP contribution in [-0.2, 0) is 15.9 Å². The quantitative estimate of drug-likeness (QED) is 0.644. The number of pyridine rings is 1. The van der Waals surface area contributed by atoms with Gasteiger partial charge in [-0.15, -0.1) is 0 Å². The average molecular weight is 475 g/mol. The number of amides is 1. The molecule has 170 valence electrons. The second kappa shape index (κ2) is 9.24. The Balaban J connectivity index is 1.66. The Morgan fingerprint density at radius 2 is 2.09 bits per heavy atom. The first kappa shape index (κ1) is 22.8. The Kier molecular flexibility index (Phi) is 6.59.